The lowest BCUT2D eigenvalue weighted by atomic mass is 9.73. The van der Waals surface area contributed by atoms with Gasteiger partial charge in [-0.15, -0.1) is 0 Å². The summed E-state index contributed by atoms with van der Waals surface area (Å²) in [5.41, 5.74) is -0.660. The van der Waals surface area contributed by atoms with Gasteiger partial charge in [-0.1, -0.05) is 0 Å². The molecule has 2 bridgehead atoms. The number of amides is 1. The van der Waals surface area contributed by atoms with Gasteiger partial charge < -0.3 is 9.53 Å². The van der Waals surface area contributed by atoms with E-state index in [9.17, 15) is 9.59 Å². The summed E-state index contributed by atoms with van der Waals surface area (Å²) < 4.78 is 5.34. The van der Waals surface area contributed by atoms with Crippen molar-refractivity contribution in [3.05, 3.63) is 0 Å². The zero-order chi connectivity index (χ0) is 12.1. The fourth-order valence-corrected chi connectivity index (χ4v) is 2.90. The van der Waals surface area contributed by atoms with Crippen LogP contribution in [0.2, 0.25) is 0 Å². The second-order valence-electron chi connectivity index (χ2n) is 6.14. The van der Waals surface area contributed by atoms with Crippen LogP contribution < -0.4 is 0 Å². The van der Waals surface area contributed by atoms with Crippen LogP contribution in [0, 0.1) is 5.92 Å². The maximum atomic E-state index is 12.0. The maximum absolute atomic E-state index is 12.0. The molecule has 3 aliphatic rings. The minimum absolute atomic E-state index is 0.154. The van der Waals surface area contributed by atoms with E-state index in [1.54, 1.807) is 4.90 Å². The van der Waals surface area contributed by atoms with Crippen LogP contribution in [0.5, 0.6) is 0 Å². The highest BCUT2D eigenvalue weighted by molar-refractivity contribution is 5.77. The molecule has 0 aromatic carbocycles. The molecule has 3 rings (SSSR count). The van der Waals surface area contributed by atoms with Gasteiger partial charge in [0.2, 0.25) is 0 Å². The quantitative estimate of drug-likeness (QED) is 0.641. The van der Waals surface area contributed by atoms with Crippen LogP contribution in [0.15, 0.2) is 0 Å². The highest BCUT2D eigenvalue weighted by Crippen LogP contribution is 2.53. The summed E-state index contributed by atoms with van der Waals surface area (Å²) in [6.45, 7) is 7.54. The Morgan fingerprint density at radius 3 is 2.44 bits per heavy atom. The molecular formula is C12H19NO3. The fourth-order valence-electron chi connectivity index (χ4n) is 2.90. The predicted octanol–water partition coefficient (Wildman–Crippen LogP) is 1.97. The molecule has 3 fully saturated rings. The smallest absolute Gasteiger partial charge is 0.411 e. The van der Waals surface area contributed by atoms with Gasteiger partial charge in [0.15, 0.2) is 0 Å². The Bertz CT molecular complexity index is 326. The SMILES string of the molecule is CC(C)(C)OC(=O)N1C(C=O)C2CC1(C)C2. The van der Waals surface area contributed by atoms with Gasteiger partial charge in [-0.25, -0.2) is 4.79 Å². The van der Waals surface area contributed by atoms with Crippen molar-refractivity contribution in [3.8, 4) is 0 Å². The van der Waals surface area contributed by atoms with Gasteiger partial charge >= 0.3 is 6.09 Å². The number of carbonyl (C=O) groups excluding carboxylic acids is 2. The van der Waals surface area contributed by atoms with Crippen LogP contribution in [0.4, 0.5) is 4.79 Å². The number of rotatable bonds is 1. The van der Waals surface area contributed by atoms with E-state index in [1.165, 1.54) is 0 Å². The molecule has 1 amide bonds. The Morgan fingerprint density at radius 2 is 2.00 bits per heavy atom. The third kappa shape index (κ3) is 1.60. The van der Waals surface area contributed by atoms with Crippen molar-refractivity contribution in [1.82, 2.24) is 4.90 Å². The molecule has 2 saturated heterocycles. The first-order valence-electron chi connectivity index (χ1n) is 5.74. The molecule has 2 aliphatic heterocycles. The average Bonchev–Trinajstić information content (AvgIpc) is 2.48. The summed E-state index contributed by atoms with van der Waals surface area (Å²) in [6.07, 6.45) is 2.38. The molecule has 2 heterocycles. The Kier molecular flexibility index (Phi) is 2.30. The molecule has 1 atom stereocenters. The first-order chi connectivity index (χ1) is 7.27. The molecule has 0 aromatic heterocycles. The van der Waals surface area contributed by atoms with Crippen molar-refractivity contribution in [2.75, 3.05) is 0 Å². The van der Waals surface area contributed by atoms with Crippen LogP contribution in [0.25, 0.3) is 0 Å². The van der Waals surface area contributed by atoms with E-state index in [4.69, 9.17) is 4.74 Å². The third-order valence-electron chi connectivity index (χ3n) is 3.50. The van der Waals surface area contributed by atoms with Gasteiger partial charge in [-0.05, 0) is 46.5 Å². The Labute approximate surface area is 95.9 Å². The number of aldehydes is 1. The first-order valence-corrected chi connectivity index (χ1v) is 5.74. The first kappa shape index (κ1) is 11.4. The number of carbonyl (C=O) groups is 2. The molecule has 1 unspecified atom stereocenters. The monoisotopic (exact) mass is 225 g/mol. The molecular weight excluding hydrogens is 206 g/mol. The summed E-state index contributed by atoms with van der Waals surface area (Å²) >= 11 is 0. The minimum atomic E-state index is -0.506. The molecule has 90 valence electrons. The molecule has 1 aliphatic carbocycles. The van der Waals surface area contributed by atoms with Gasteiger partial charge in [0.25, 0.3) is 0 Å². The number of nitrogens with zero attached hydrogens (tertiary/aromatic N) is 1. The lowest BCUT2D eigenvalue weighted by molar-refractivity contribution is -0.112. The predicted molar refractivity (Wildman–Crippen MR) is 59.1 cm³/mol. The van der Waals surface area contributed by atoms with Crippen LogP contribution in [-0.4, -0.2) is 34.5 Å². The maximum Gasteiger partial charge on any atom is 0.411 e. The lowest BCUT2D eigenvalue weighted by Gasteiger charge is -2.38. The second kappa shape index (κ2) is 3.22. The van der Waals surface area contributed by atoms with E-state index < -0.39 is 5.60 Å². The topological polar surface area (TPSA) is 46.6 Å². The molecule has 0 N–H and O–H groups in total. The van der Waals surface area contributed by atoms with E-state index in [2.05, 4.69) is 0 Å². The van der Waals surface area contributed by atoms with Crippen molar-refractivity contribution < 1.29 is 14.3 Å². The van der Waals surface area contributed by atoms with Crippen LogP contribution in [0.3, 0.4) is 0 Å². The summed E-state index contributed by atoms with van der Waals surface area (Å²) in [5, 5.41) is 0. The zero-order valence-electron chi connectivity index (χ0n) is 10.3. The minimum Gasteiger partial charge on any atom is -0.444 e. The van der Waals surface area contributed by atoms with Gasteiger partial charge in [0.1, 0.15) is 11.9 Å². The Balaban J connectivity index is 2.14. The van der Waals surface area contributed by atoms with Gasteiger partial charge in [-0.3, -0.25) is 4.90 Å². The number of ether oxygens (including phenoxy) is 1. The summed E-state index contributed by atoms with van der Waals surface area (Å²) in [4.78, 5) is 24.7. The van der Waals surface area contributed by atoms with E-state index >= 15 is 0 Å². The zero-order valence-corrected chi connectivity index (χ0v) is 10.3. The van der Waals surface area contributed by atoms with Crippen LogP contribution in [0.1, 0.15) is 40.5 Å². The van der Waals surface area contributed by atoms with Gasteiger partial charge in [0, 0.05) is 5.54 Å². The van der Waals surface area contributed by atoms with Gasteiger partial charge in [0.05, 0.1) is 6.04 Å². The largest absolute Gasteiger partial charge is 0.444 e. The highest BCUT2D eigenvalue weighted by atomic mass is 16.6. The van der Waals surface area contributed by atoms with E-state index in [0.717, 1.165) is 19.1 Å². The highest BCUT2D eigenvalue weighted by Gasteiger charge is 2.61. The van der Waals surface area contributed by atoms with Gasteiger partial charge in [-0.2, -0.15) is 0 Å². The molecule has 4 nitrogen and oxygen atoms in total. The third-order valence-corrected chi connectivity index (χ3v) is 3.50. The molecule has 0 radical (unpaired) electrons. The van der Waals surface area contributed by atoms with Crippen LogP contribution in [-0.2, 0) is 9.53 Å². The number of fused-ring (bicyclic) bond motifs is 1. The molecule has 1 saturated carbocycles. The van der Waals surface area contributed by atoms with Crippen LogP contribution >= 0.6 is 0 Å². The Hall–Kier alpha value is -1.06. The molecule has 0 spiro atoms. The number of hydrogen-bond donors (Lipinski definition) is 0. The fraction of sp³-hybridized carbons (Fsp3) is 0.833. The van der Waals surface area contributed by atoms with Crippen molar-refractivity contribution >= 4 is 12.4 Å². The molecule has 4 heteroatoms. The van der Waals surface area contributed by atoms with E-state index in [-0.39, 0.29) is 17.7 Å². The summed E-state index contributed by atoms with van der Waals surface area (Å²) in [5.74, 6) is 0.343. The molecule has 16 heavy (non-hydrogen) atoms. The van der Waals surface area contributed by atoms with Crippen molar-refractivity contribution in [1.29, 1.82) is 0 Å². The van der Waals surface area contributed by atoms with E-state index in [1.807, 2.05) is 27.7 Å². The standard InChI is InChI=1S/C12H19NO3/c1-11(2,3)16-10(15)13-9(7-14)8-5-12(13,4)6-8/h7-9H,5-6H2,1-4H3. The van der Waals surface area contributed by atoms with Crippen molar-refractivity contribution in [2.24, 2.45) is 5.92 Å². The summed E-state index contributed by atoms with van der Waals surface area (Å²) in [6, 6.07) is -0.278. The van der Waals surface area contributed by atoms with E-state index in [0.29, 0.717) is 5.92 Å². The normalized spacial score (nSPS) is 36.9. The number of hydrogen-bond acceptors (Lipinski definition) is 3. The van der Waals surface area contributed by atoms with Crippen molar-refractivity contribution in [2.45, 2.75) is 57.7 Å². The lowest BCUT2D eigenvalue weighted by Crippen LogP contribution is -2.49. The average molecular weight is 225 g/mol. The molecule has 0 aromatic rings. The van der Waals surface area contributed by atoms with Crippen molar-refractivity contribution in [3.63, 3.8) is 0 Å². The Morgan fingerprint density at radius 1 is 1.44 bits per heavy atom. The summed E-state index contributed by atoms with van der Waals surface area (Å²) in [7, 11) is 0. The second-order valence-corrected chi connectivity index (χ2v) is 6.14.